The number of imide groups is 2. The molecule has 10 heterocycles. The molecule has 364 valence electrons. The van der Waals surface area contributed by atoms with Gasteiger partial charge in [0.15, 0.2) is 0 Å². The number of nitrogens with zero attached hydrogens (tertiary/aromatic N) is 10. The van der Waals surface area contributed by atoms with Crippen molar-refractivity contribution in [2.45, 2.75) is 0 Å². The van der Waals surface area contributed by atoms with Gasteiger partial charge in [0.05, 0.1) is 68.3 Å². The fourth-order valence-electron chi connectivity index (χ4n) is 11.3. The lowest BCUT2D eigenvalue weighted by molar-refractivity contribution is 0.0877. The van der Waals surface area contributed by atoms with Gasteiger partial charge < -0.3 is 0 Å². The molecule has 0 fully saturated rings. The normalized spacial score (nSPS) is 13.2. The molecule has 0 bridgehead atoms. The van der Waals surface area contributed by atoms with Crippen LogP contribution in [0.15, 0.2) is 207 Å². The number of pyridine rings is 8. The Balaban J connectivity index is 0.994. The summed E-state index contributed by atoms with van der Waals surface area (Å²) >= 11 is 0. The van der Waals surface area contributed by atoms with Gasteiger partial charge in [0.1, 0.15) is 0 Å². The van der Waals surface area contributed by atoms with Crippen molar-refractivity contribution in [3.8, 4) is 68.1 Å². The Morgan fingerprint density at radius 1 is 0.244 bits per heavy atom. The number of benzene rings is 5. The highest BCUT2D eigenvalue weighted by molar-refractivity contribution is 6.47. The highest BCUT2D eigenvalue weighted by Gasteiger charge is 2.40. The lowest BCUT2D eigenvalue weighted by atomic mass is 9.78. The first kappa shape index (κ1) is 44.4. The van der Waals surface area contributed by atoms with Crippen LogP contribution < -0.4 is 9.80 Å². The number of aromatic nitrogens is 8. The summed E-state index contributed by atoms with van der Waals surface area (Å²) in [5, 5.41) is 4.97. The van der Waals surface area contributed by atoms with Gasteiger partial charge in [-0.25, -0.2) is 19.8 Å². The van der Waals surface area contributed by atoms with Gasteiger partial charge in [-0.2, -0.15) is 0 Å². The molecule has 2 aliphatic rings. The molecule has 14 heteroatoms. The van der Waals surface area contributed by atoms with Crippen molar-refractivity contribution in [2.75, 3.05) is 9.80 Å². The molecule has 0 spiro atoms. The maximum atomic E-state index is 15.6. The van der Waals surface area contributed by atoms with Crippen LogP contribution in [0.5, 0.6) is 0 Å². The molecular formula is C64H34N10O4. The largest absolute Gasteiger partial charge is 0.268 e. The van der Waals surface area contributed by atoms with E-state index < -0.39 is 23.6 Å². The Morgan fingerprint density at radius 2 is 0.538 bits per heavy atom. The van der Waals surface area contributed by atoms with Gasteiger partial charge in [-0.3, -0.25) is 49.1 Å². The summed E-state index contributed by atoms with van der Waals surface area (Å²) in [5.74, 6) is -2.17. The van der Waals surface area contributed by atoms with Crippen molar-refractivity contribution >= 4 is 78.1 Å². The number of rotatable bonds is 8. The number of anilines is 2. The van der Waals surface area contributed by atoms with Crippen LogP contribution in [0.4, 0.5) is 11.4 Å². The summed E-state index contributed by atoms with van der Waals surface area (Å²) in [6.07, 6.45) is 10.0. The van der Waals surface area contributed by atoms with E-state index in [1.165, 1.54) is 9.80 Å². The zero-order valence-corrected chi connectivity index (χ0v) is 40.7. The van der Waals surface area contributed by atoms with Crippen LogP contribution in [0.3, 0.4) is 0 Å². The maximum Gasteiger partial charge on any atom is 0.266 e. The van der Waals surface area contributed by atoms with E-state index in [-0.39, 0.29) is 22.5 Å². The molecule has 0 radical (unpaired) electrons. The van der Waals surface area contributed by atoms with Crippen LogP contribution in [-0.4, -0.2) is 63.5 Å². The first-order valence-corrected chi connectivity index (χ1v) is 25.0. The molecule has 78 heavy (non-hydrogen) atoms. The van der Waals surface area contributed by atoms with Crippen molar-refractivity contribution in [1.29, 1.82) is 0 Å². The third kappa shape index (κ3) is 6.69. The second-order valence-electron chi connectivity index (χ2n) is 18.9. The van der Waals surface area contributed by atoms with Crippen molar-refractivity contribution in [3.63, 3.8) is 0 Å². The highest BCUT2D eigenvalue weighted by atomic mass is 16.2. The molecule has 14 nitrogen and oxygen atoms in total. The minimum absolute atomic E-state index is 0.281. The predicted molar refractivity (Wildman–Crippen MR) is 298 cm³/mol. The number of fused-ring (bicyclic) bond motifs is 2. The number of hydrogen-bond acceptors (Lipinski definition) is 12. The van der Waals surface area contributed by atoms with E-state index in [9.17, 15) is 0 Å². The van der Waals surface area contributed by atoms with Gasteiger partial charge in [-0.15, -0.1) is 0 Å². The molecule has 8 aromatic heterocycles. The molecule has 0 N–H and O–H groups in total. The van der Waals surface area contributed by atoms with Crippen LogP contribution >= 0.6 is 0 Å². The van der Waals surface area contributed by atoms with Crippen LogP contribution in [0.1, 0.15) is 41.4 Å². The van der Waals surface area contributed by atoms with E-state index in [2.05, 4.69) is 19.9 Å². The number of carbonyl (C=O) groups excluding carboxylic acids is 4. The van der Waals surface area contributed by atoms with E-state index >= 15 is 19.2 Å². The maximum absolute atomic E-state index is 15.6. The summed E-state index contributed by atoms with van der Waals surface area (Å²) < 4.78 is 0. The monoisotopic (exact) mass is 1010 g/mol. The van der Waals surface area contributed by atoms with E-state index in [0.29, 0.717) is 122 Å². The van der Waals surface area contributed by atoms with Crippen LogP contribution in [0, 0.1) is 0 Å². The minimum Gasteiger partial charge on any atom is -0.268 e. The van der Waals surface area contributed by atoms with Crippen molar-refractivity contribution in [3.05, 3.63) is 229 Å². The molecule has 0 aliphatic carbocycles. The minimum atomic E-state index is -0.552. The van der Waals surface area contributed by atoms with Crippen LogP contribution in [0.2, 0.25) is 0 Å². The number of amides is 4. The second-order valence-corrected chi connectivity index (χ2v) is 18.9. The Labute approximate surface area is 442 Å². The highest BCUT2D eigenvalue weighted by Crippen LogP contribution is 2.52. The quantitative estimate of drug-likeness (QED) is 0.0800. The van der Waals surface area contributed by atoms with Crippen molar-refractivity contribution < 1.29 is 19.2 Å². The smallest absolute Gasteiger partial charge is 0.266 e. The fraction of sp³-hybridized carbons (Fsp3) is 0. The SMILES string of the molecule is O=C1c2ccc3c4c(-c5ccccn5)cc5c6c(ccc(c7c(-c8ccccn8)cc(c2c37)C(=O)N1c1cc(-c2ccccn2)nc(-c2ccccn2)c1)c64)C(=O)N(c1cc(-c2ccccn2)nc(-c2ccccn2)c1)C5=O. The molecule has 2 aliphatic heterocycles. The zero-order chi connectivity index (χ0) is 52.2. The first-order valence-electron chi connectivity index (χ1n) is 25.0. The standard InChI is InChI=1S/C64H34N10O4/c75-61-39-22-20-38-56-42(46-14-2-8-24-66-46)34-44-58-40(62(76)74(64(44)78)36-31-53(49-17-5-11-27-69-49)72-54(32-36)50-18-6-12-28-70-50)21-19-37(60(56)58)55-41(45-13-1-7-23-65-45)33-43(57(39)59(38)55)63(77)73(61)35-29-51(47-15-3-9-25-67-47)71-52(30-35)48-16-4-10-26-68-48/h1-34H. The molecule has 0 atom stereocenters. The summed E-state index contributed by atoms with van der Waals surface area (Å²) in [6, 6.07) is 50.8. The topological polar surface area (TPSA) is 178 Å². The Kier molecular flexibility index (Phi) is 9.80. The number of hydrogen-bond donors (Lipinski definition) is 0. The molecule has 0 saturated carbocycles. The van der Waals surface area contributed by atoms with E-state index in [1.807, 2.05) is 109 Å². The third-order valence-electron chi connectivity index (χ3n) is 14.6. The van der Waals surface area contributed by atoms with Crippen LogP contribution in [0.25, 0.3) is 111 Å². The lowest BCUT2D eigenvalue weighted by Gasteiger charge is -2.32. The fourth-order valence-corrected chi connectivity index (χ4v) is 11.3. The van der Waals surface area contributed by atoms with Gasteiger partial charge in [0, 0.05) is 92.1 Å². The molecule has 0 unspecified atom stereocenters. The molecule has 5 aromatic carbocycles. The second kappa shape index (κ2) is 17.2. The van der Waals surface area contributed by atoms with E-state index in [0.717, 1.165) is 0 Å². The first-order chi connectivity index (χ1) is 38.4. The van der Waals surface area contributed by atoms with Gasteiger partial charge in [0.2, 0.25) is 0 Å². The van der Waals surface area contributed by atoms with E-state index in [1.54, 1.807) is 97.8 Å². The van der Waals surface area contributed by atoms with Gasteiger partial charge in [-0.1, -0.05) is 48.5 Å². The van der Waals surface area contributed by atoms with Gasteiger partial charge >= 0.3 is 0 Å². The summed E-state index contributed by atoms with van der Waals surface area (Å²) in [5.41, 5.74) is 8.06. The average Bonchev–Trinajstić information content (AvgIpc) is 3.68. The molecule has 0 saturated heterocycles. The van der Waals surface area contributed by atoms with Gasteiger partial charge in [-0.05, 0) is 143 Å². The van der Waals surface area contributed by atoms with Crippen molar-refractivity contribution in [1.82, 2.24) is 39.9 Å². The van der Waals surface area contributed by atoms with Crippen molar-refractivity contribution in [2.24, 2.45) is 0 Å². The Bertz CT molecular complexity index is 4270. The van der Waals surface area contributed by atoms with Gasteiger partial charge in [0.25, 0.3) is 23.6 Å². The lowest BCUT2D eigenvalue weighted by Crippen LogP contribution is -2.41. The predicted octanol–water partition coefficient (Wildman–Crippen LogP) is 12.5. The summed E-state index contributed by atoms with van der Waals surface area (Å²) in [6.45, 7) is 0. The molecule has 13 aromatic rings. The summed E-state index contributed by atoms with van der Waals surface area (Å²) in [7, 11) is 0. The number of carbonyl (C=O) groups is 4. The third-order valence-corrected chi connectivity index (χ3v) is 14.6. The Morgan fingerprint density at radius 3 is 0.833 bits per heavy atom. The summed E-state index contributed by atoms with van der Waals surface area (Å²) in [4.78, 5) is 102. The van der Waals surface area contributed by atoms with Crippen LogP contribution in [-0.2, 0) is 0 Å². The van der Waals surface area contributed by atoms with E-state index in [4.69, 9.17) is 19.9 Å². The Hall–Kier alpha value is -11.1. The zero-order valence-electron chi connectivity index (χ0n) is 40.7. The molecule has 4 amide bonds. The average molecular weight is 1010 g/mol. The molecule has 15 rings (SSSR count). The molecular weight excluding hydrogens is 973 g/mol.